The zero-order chi connectivity index (χ0) is 14.4. The van der Waals surface area contributed by atoms with Gasteiger partial charge in [0.15, 0.2) is 0 Å². The van der Waals surface area contributed by atoms with Crippen molar-refractivity contribution in [3.63, 3.8) is 0 Å². The molecule has 1 fully saturated rings. The van der Waals surface area contributed by atoms with Gasteiger partial charge < -0.3 is 15.1 Å². The number of likely N-dealkylation sites (tertiary alicyclic amines) is 1. The summed E-state index contributed by atoms with van der Waals surface area (Å²) in [5.41, 5.74) is 0. The van der Waals surface area contributed by atoms with Crippen molar-refractivity contribution in [1.29, 1.82) is 0 Å². The van der Waals surface area contributed by atoms with Crippen LogP contribution in [0.5, 0.6) is 0 Å². The number of carbonyl (C=O) groups is 1. The fourth-order valence-corrected chi connectivity index (χ4v) is 2.68. The van der Waals surface area contributed by atoms with Gasteiger partial charge in [-0.3, -0.25) is 9.69 Å². The van der Waals surface area contributed by atoms with Gasteiger partial charge in [0.1, 0.15) is 5.76 Å². The Hall–Kier alpha value is -1.33. The quantitative estimate of drug-likeness (QED) is 0.825. The number of carbonyl (C=O) groups excluding carboxylic acids is 1. The van der Waals surface area contributed by atoms with Gasteiger partial charge in [0.25, 0.3) is 0 Å². The van der Waals surface area contributed by atoms with E-state index >= 15 is 0 Å². The highest BCUT2D eigenvalue weighted by atomic mass is 16.3. The van der Waals surface area contributed by atoms with Crippen LogP contribution in [0.2, 0.25) is 0 Å². The van der Waals surface area contributed by atoms with E-state index in [2.05, 4.69) is 22.5 Å². The highest BCUT2D eigenvalue weighted by Crippen LogP contribution is 2.13. The van der Waals surface area contributed by atoms with Crippen LogP contribution in [0, 0.1) is 0 Å². The van der Waals surface area contributed by atoms with E-state index in [9.17, 15) is 4.79 Å². The number of hydrogen-bond acceptors (Lipinski definition) is 4. The highest BCUT2D eigenvalue weighted by Gasteiger charge is 2.26. The molecule has 0 aromatic carbocycles. The lowest BCUT2D eigenvalue weighted by Crippen LogP contribution is -2.50. The number of rotatable bonds is 6. The number of hydrogen-bond donors (Lipinski definition) is 2. The van der Waals surface area contributed by atoms with Gasteiger partial charge in [-0.05, 0) is 38.4 Å². The Morgan fingerprint density at radius 2 is 2.25 bits per heavy atom. The van der Waals surface area contributed by atoms with Crippen LogP contribution in [-0.2, 0) is 11.3 Å². The standard InChI is InChI=1S/C15H25N3O2/c1-3-16-13-6-8-18(9-7-13)12(2)15(19)17-11-14-5-4-10-20-14/h4-5,10,12-13,16H,3,6-9,11H2,1-2H3,(H,17,19). The van der Waals surface area contributed by atoms with Crippen molar-refractivity contribution in [3.8, 4) is 0 Å². The summed E-state index contributed by atoms with van der Waals surface area (Å²) in [5.74, 6) is 0.861. The summed E-state index contributed by atoms with van der Waals surface area (Å²) in [5, 5.41) is 6.41. The third-order valence-corrected chi connectivity index (χ3v) is 3.97. The van der Waals surface area contributed by atoms with Crippen LogP contribution in [-0.4, -0.2) is 42.5 Å². The lowest BCUT2D eigenvalue weighted by molar-refractivity contribution is -0.126. The lowest BCUT2D eigenvalue weighted by atomic mass is 10.0. The minimum atomic E-state index is -0.0764. The van der Waals surface area contributed by atoms with Crippen LogP contribution in [0.1, 0.15) is 32.4 Å². The maximum atomic E-state index is 12.1. The molecule has 1 saturated heterocycles. The van der Waals surface area contributed by atoms with Gasteiger partial charge in [0.05, 0.1) is 18.8 Å². The van der Waals surface area contributed by atoms with Crippen molar-refractivity contribution in [2.75, 3.05) is 19.6 Å². The summed E-state index contributed by atoms with van der Waals surface area (Å²) >= 11 is 0. The van der Waals surface area contributed by atoms with E-state index in [-0.39, 0.29) is 11.9 Å². The van der Waals surface area contributed by atoms with Gasteiger partial charge in [-0.25, -0.2) is 0 Å². The molecule has 20 heavy (non-hydrogen) atoms. The third-order valence-electron chi connectivity index (χ3n) is 3.97. The molecule has 0 aliphatic carbocycles. The molecule has 0 bridgehead atoms. The zero-order valence-electron chi connectivity index (χ0n) is 12.4. The average Bonchev–Trinajstić information content (AvgIpc) is 2.98. The van der Waals surface area contributed by atoms with E-state index < -0.39 is 0 Å². The molecule has 1 atom stereocenters. The molecular formula is C15H25N3O2. The van der Waals surface area contributed by atoms with E-state index in [1.54, 1.807) is 6.26 Å². The second kappa shape index (κ2) is 7.45. The first-order valence-corrected chi connectivity index (χ1v) is 7.48. The monoisotopic (exact) mass is 279 g/mol. The predicted molar refractivity (Wildman–Crippen MR) is 78.3 cm³/mol. The van der Waals surface area contributed by atoms with E-state index in [0.29, 0.717) is 12.6 Å². The van der Waals surface area contributed by atoms with E-state index in [4.69, 9.17) is 4.42 Å². The Morgan fingerprint density at radius 1 is 1.50 bits per heavy atom. The Morgan fingerprint density at radius 3 is 2.85 bits per heavy atom. The largest absolute Gasteiger partial charge is 0.467 e. The molecule has 1 aliphatic rings. The highest BCUT2D eigenvalue weighted by molar-refractivity contribution is 5.81. The van der Waals surface area contributed by atoms with Crippen LogP contribution >= 0.6 is 0 Å². The van der Waals surface area contributed by atoms with Crippen LogP contribution in [0.15, 0.2) is 22.8 Å². The summed E-state index contributed by atoms with van der Waals surface area (Å²) in [6.07, 6.45) is 3.85. The zero-order valence-corrected chi connectivity index (χ0v) is 12.4. The molecule has 1 unspecified atom stereocenters. The Labute approximate surface area is 120 Å². The first kappa shape index (κ1) is 15.1. The Balaban J connectivity index is 1.73. The molecule has 2 N–H and O–H groups in total. The minimum absolute atomic E-state index is 0.0725. The first-order chi connectivity index (χ1) is 9.70. The van der Waals surface area contributed by atoms with Crippen molar-refractivity contribution in [2.24, 2.45) is 0 Å². The molecule has 0 spiro atoms. The minimum Gasteiger partial charge on any atom is -0.467 e. The second-order valence-electron chi connectivity index (χ2n) is 5.34. The summed E-state index contributed by atoms with van der Waals surface area (Å²) in [6, 6.07) is 4.23. The van der Waals surface area contributed by atoms with Gasteiger partial charge in [0.2, 0.25) is 5.91 Å². The maximum absolute atomic E-state index is 12.1. The van der Waals surface area contributed by atoms with Crippen molar-refractivity contribution >= 4 is 5.91 Å². The van der Waals surface area contributed by atoms with E-state index in [1.165, 1.54) is 0 Å². The summed E-state index contributed by atoms with van der Waals surface area (Å²) in [6.45, 7) is 7.55. The predicted octanol–water partition coefficient (Wildman–Crippen LogP) is 1.36. The van der Waals surface area contributed by atoms with Crippen molar-refractivity contribution < 1.29 is 9.21 Å². The molecule has 2 rings (SSSR count). The van der Waals surface area contributed by atoms with Crippen LogP contribution in [0.4, 0.5) is 0 Å². The summed E-state index contributed by atoms with van der Waals surface area (Å²) in [7, 11) is 0. The fraction of sp³-hybridized carbons (Fsp3) is 0.667. The Kier molecular flexibility index (Phi) is 5.61. The van der Waals surface area contributed by atoms with Crippen molar-refractivity contribution in [1.82, 2.24) is 15.5 Å². The summed E-state index contributed by atoms with van der Waals surface area (Å²) in [4.78, 5) is 14.4. The number of nitrogens with zero attached hydrogens (tertiary/aromatic N) is 1. The number of amides is 1. The second-order valence-corrected chi connectivity index (χ2v) is 5.34. The van der Waals surface area contributed by atoms with Crippen molar-refractivity contribution in [3.05, 3.63) is 24.2 Å². The molecule has 5 nitrogen and oxygen atoms in total. The van der Waals surface area contributed by atoms with Crippen molar-refractivity contribution in [2.45, 2.75) is 45.3 Å². The maximum Gasteiger partial charge on any atom is 0.237 e. The molecule has 112 valence electrons. The normalized spacial score (nSPS) is 18.9. The molecule has 0 radical (unpaired) electrons. The van der Waals surface area contributed by atoms with Gasteiger partial charge in [-0.1, -0.05) is 6.92 Å². The summed E-state index contributed by atoms with van der Waals surface area (Å²) < 4.78 is 5.21. The first-order valence-electron chi connectivity index (χ1n) is 7.48. The fourth-order valence-electron chi connectivity index (χ4n) is 2.68. The SMILES string of the molecule is CCNC1CCN(C(C)C(=O)NCc2ccco2)CC1. The average molecular weight is 279 g/mol. The number of nitrogens with one attached hydrogen (secondary N) is 2. The van der Waals surface area contributed by atoms with Crippen LogP contribution < -0.4 is 10.6 Å². The van der Waals surface area contributed by atoms with Gasteiger partial charge in [0, 0.05) is 19.1 Å². The van der Waals surface area contributed by atoms with E-state index in [0.717, 1.165) is 38.2 Å². The number of piperidine rings is 1. The molecule has 1 aromatic heterocycles. The smallest absolute Gasteiger partial charge is 0.237 e. The van der Waals surface area contributed by atoms with Gasteiger partial charge in [-0.2, -0.15) is 0 Å². The molecule has 2 heterocycles. The molecule has 0 saturated carbocycles. The van der Waals surface area contributed by atoms with E-state index in [1.807, 2.05) is 19.1 Å². The lowest BCUT2D eigenvalue weighted by Gasteiger charge is -2.35. The van der Waals surface area contributed by atoms with Gasteiger partial charge in [-0.15, -0.1) is 0 Å². The topological polar surface area (TPSA) is 57.5 Å². The van der Waals surface area contributed by atoms with Gasteiger partial charge >= 0.3 is 0 Å². The van der Waals surface area contributed by atoms with Crippen LogP contribution in [0.25, 0.3) is 0 Å². The Bertz CT molecular complexity index is 397. The number of furan rings is 1. The third kappa shape index (κ3) is 4.08. The molecule has 1 aromatic rings. The molecular weight excluding hydrogens is 254 g/mol. The molecule has 1 amide bonds. The van der Waals surface area contributed by atoms with Crippen LogP contribution in [0.3, 0.4) is 0 Å². The molecule has 1 aliphatic heterocycles. The molecule has 5 heteroatoms.